The average molecular weight is 507 g/mol. The third kappa shape index (κ3) is 5.93. The summed E-state index contributed by atoms with van der Waals surface area (Å²) in [5, 5.41) is 2.78. The lowest BCUT2D eigenvalue weighted by Crippen LogP contribution is -2.14. The van der Waals surface area contributed by atoms with E-state index in [9.17, 15) is 9.36 Å². The lowest BCUT2D eigenvalue weighted by molar-refractivity contribution is 0.102. The van der Waals surface area contributed by atoms with E-state index < -0.39 is 13.7 Å². The number of anilines is 1. The number of rotatable bonds is 8. The van der Waals surface area contributed by atoms with Gasteiger partial charge in [0, 0.05) is 14.6 Å². The number of nitrogens with one attached hydrogen (secondary N) is 1. The summed E-state index contributed by atoms with van der Waals surface area (Å²) in [6, 6.07) is 12.0. The van der Waals surface area contributed by atoms with Gasteiger partial charge in [0.05, 0.1) is 18.8 Å². The molecule has 0 bridgehead atoms. The highest BCUT2D eigenvalue weighted by Gasteiger charge is 2.29. The molecule has 0 aliphatic carbocycles. The van der Waals surface area contributed by atoms with E-state index in [0.717, 1.165) is 4.47 Å². The van der Waals surface area contributed by atoms with Gasteiger partial charge in [-0.2, -0.15) is 0 Å². The Kier molecular flexibility index (Phi) is 7.85. The van der Waals surface area contributed by atoms with Crippen molar-refractivity contribution >= 4 is 51.3 Å². The van der Waals surface area contributed by atoms with Crippen LogP contribution in [0, 0.1) is 0 Å². The van der Waals surface area contributed by atoms with Crippen molar-refractivity contribution in [3.05, 3.63) is 57.0 Å². The summed E-state index contributed by atoms with van der Waals surface area (Å²) in [5.74, 6) is -0.315. The average Bonchev–Trinajstić information content (AvgIpc) is 2.57. The molecule has 0 aliphatic heterocycles. The van der Waals surface area contributed by atoms with Crippen LogP contribution in [-0.2, 0) is 13.6 Å². The predicted molar refractivity (Wildman–Crippen MR) is 108 cm³/mol. The van der Waals surface area contributed by atoms with Crippen molar-refractivity contribution in [1.29, 1.82) is 0 Å². The number of phosphoric acid groups is 1. The Hall–Kier alpha value is -1.18. The molecule has 0 unspecified atom stereocenters. The fourth-order valence-corrected chi connectivity index (χ4v) is 4.02. The number of amides is 1. The zero-order chi connectivity index (χ0) is 19.2. The van der Waals surface area contributed by atoms with Gasteiger partial charge in [-0.05, 0) is 50.2 Å². The molecule has 2 rings (SSSR count). The lowest BCUT2D eigenvalue weighted by atomic mass is 10.2. The fourth-order valence-electron chi connectivity index (χ4n) is 2.05. The molecule has 140 valence electrons. The molecule has 0 heterocycles. The normalized spacial score (nSPS) is 11.2. The Balaban J connectivity index is 2.31. The summed E-state index contributed by atoms with van der Waals surface area (Å²) in [6.45, 7) is 3.65. The van der Waals surface area contributed by atoms with Crippen molar-refractivity contribution in [3.8, 4) is 5.75 Å². The highest BCUT2D eigenvalue weighted by molar-refractivity contribution is 9.10. The van der Waals surface area contributed by atoms with Gasteiger partial charge in [-0.3, -0.25) is 13.8 Å². The number of carbonyl (C=O) groups is 1. The molecule has 2 aromatic carbocycles. The molecule has 0 atom stereocenters. The van der Waals surface area contributed by atoms with Crippen molar-refractivity contribution in [2.45, 2.75) is 13.8 Å². The second-order valence-electron chi connectivity index (χ2n) is 4.98. The molecule has 6 nitrogen and oxygen atoms in total. The third-order valence-electron chi connectivity index (χ3n) is 3.05. The van der Waals surface area contributed by atoms with Crippen molar-refractivity contribution in [2.75, 3.05) is 18.5 Å². The first-order valence-corrected chi connectivity index (χ1v) is 10.9. The molecule has 0 saturated carbocycles. The minimum atomic E-state index is -3.82. The molecule has 26 heavy (non-hydrogen) atoms. The van der Waals surface area contributed by atoms with Crippen molar-refractivity contribution in [2.24, 2.45) is 0 Å². The standard InChI is InChI=1S/C17H18Br2NO5P/c1-3-23-26(22,24-4-2)25-16-9-8-13(19)11-15(16)17(21)20-14-7-5-6-12(18)10-14/h5-11H,3-4H2,1-2H3,(H,20,21). The Bertz CT molecular complexity index is 821. The summed E-state index contributed by atoms with van der Waals surface area (Å²) in [7, 11) is -3.82. The molecule has 2 aromatic rings. The van der Waals surface area contributed by atoms with E-state index in [0.29, 0.717) is 10.2 Å². The third-order valence-corrected chi connectivity index (χ3v) is 5.61. The minimum absolute atomic E-state index is 0.103. The SMILES string of the molecule is CCOP(=O)(OCC)Oc1ccc(Br)cc1C(=O)Nc1cccc(Br)c1. The maximum Gasteiger partial charge on any atom is 0.530 e. The summed E-state index contributed by atoms with van der Waals surface area (Å²) in [6.07, 6.45) is 0. The highest BCUT2D eigenvalue weighted by atomic mass is 79.9. The first-order chi connectivity index (χ1) is 12.4. The van der Waals surface area contributed by atoms with Crippen LogP contribution in [0.4, 0.5) is 5.69 Å². The number of hydrogen-bond donors (Lipinski definition) is 1. The zero-order valence-electron chi connectivity index (χ0n) is 14.2. The Morgan fingerprint density at radius 3 is 2.31 bits per heavy atom. The molecule has 9 heteroatoms. The van der Waals surface area contributed by atoms with Gasteiger partial charge in [-0.15, -0.1) is 0 Å². The number of hydrogen-bond acceptors (Lipinski definition) is 5. The van der Waals surface area contributed by atoms with Gasteiger partial charge < -0.3 is 9.84 Å². The molecular formula is C17H18Br2NO5P. The van der Waals surface area contributed by atoms with E-state index in [1.165, 1.54) is 6.07 Å². The van der Waals surface area contributed by atoms with Gasteiger partial charge >= 0.3 is 7.82 Å². The maximum atomic E-state index is 12.7. The number of phosphoric ester groups is 1. The molecular weight excluding hydrogens is 489 g/mol. The monoisotopic (exact) mass is 505 g/mol. The van der Waals surface area contributed by atoms with Crippen molar-refractivity contribution < 1.29 is 22.9 Å². The molecule has 0 aliphatic rings. The summed E-state index contributed by atoms with van der Waals surface area (Å²) in [5.41, 5.74) is 0.798. The molecule has 1 N–H and O–H groups in total. The highest BCUT2D eigenvalue weighted by Crippen LogP contribution is 2.50. The van der Waals surface area contributed by atoms with Gasteiger partial charge in [0.25, 0.3) is 5.91 Å². The van der Waals surface area contributed by atoms with E-state index in [4.69, 9.17) is 13.6 Å². The van der Waals surface area contributed by atoms with Crippen LogP contribution in [0.2, 0.25) is 0 Å². The lowest BCUT2D eigenvalue weighted by Gasteiger charge is -2.19. The predicted octanol–water partition coefficient (Wildman–Crippen LogP) is 6.02. The zero-order valence-corrected chi connectivity index (χ0v) is 18.3. The number of benzene rings is 2. The van der Waals surface area contributed by atoms with Crippen LogP contribution in [0.15, 0.2) is 51.4 Å². The summed E-state index contributed by atoms with van der Waals surface area (Å²) >= 11 is 6.68. The smallest absolute Gasteiger partial charge is 0.403 e. The van der Waals surface area contributed by atoms with Gasteiger partial charge in [0.15, 0.2) is 0 Å². The van der Waals surface area contributed by atoms with Crippen LogP contribution in [0.25, 0.3) is 0 Å². The Labute approximate surface area is 169 Å². The van der Waals surface area contributed by atoms with E-state index in [2.05, 4.69) is 37.2 Å². The van der Waals surface area contributed by atoms with E-state index in [1.807, 2.05) is 6.07 Å². The van der Waals surface area contributed by atoms with Crippen molar-refractivity contribution in [3.63, 3.8) is 0 Å². The first kappa shape index (κ1) is 21.1. The number of halogens is 2. The van der Waals surface area contributed by atoms with Crippen LogP contribution >= 0.6 is 39.7 Å². The van der Waals surface area contributed by atoms with Gasteiger partial charge in [-0.25, -0.2) is 4.57 Å². The van der Waals surface area contributed by atoms with E-state index in [-0.39, 0.29) is 24.5 Å². The quantitative estimate of drug-likeness (QED) is 0.443. The van der Waals surface area contributed by atoms with E-state index in [1.54, 1.807) is 44.2 Å². The van der Waals surface area contributed by atoms with Crippen LogP contribution < -0.4 is 9.84 Å². The topological polar surface area (TPSA) is 73.9 Å². The fraction of sp³-hybridized carbons (Fsp3) is 0.235. The van der Waals surface area contributed by atoms with Crippen LogP contribution in [0.3, 0.4) is 0 Å². The second kappa shape index (κ2) is 9.67. The van der Waals surface area contributed by atoms with Gasteiger partial charge in [0.2, 0.25) is 0 Å². The van der Waals surface area contributed by atoms with Gasteiger partial charge in [-0.1, -0.05) is 37.9 Å². The molecule has 0 aromatic heterocycles. The largest absolute Gasteiger partial charge is 0.530 e. The summed E-state index contributed by atoms with van der Waals surface area (Å²) < 4.78 is 29.9. The van der Waals surface area contributed by atoms with Crippen LogP contribution in [0.5, 0.6) is 5.75 Å². The summed E-state index contributed by atoms with van der Waals surface area (Å²) in [4.78, 5) is 12.7. The molecule has 0 radical (unpaired) electrons. The van der Waals surface area contributed by atoms with E-state index >= 15 is 0 Å². The Morgan fingerprint density at radius 1 is 1.04 bits per heavy atom. The van der Waals surface area contributed by atoms with Crippen molar-refractivity contribution in [1.82, 2.24) is 0 Å². The second-order valence-corrected chi connectivity index (χ2v) is 8.40. The van der Waals surface area contributed by atoms with Gasteiger partial charge in [0.1, 0.15) is 5.75 Å². The molecule has 0 fully saturated rings. The number of carbonyl (C=O) groups excluding carboxylic acids is 1. The van der Waals surface area contributed by atoms with Crippen LogP contribution in [0.1, 0.15) is 24.2 Å². The minimum Gasteiger partial charge on any atom is -0.403 e. The molecule has 1 amide bonds. The molecule has 0 spiro atoms. The maximum absolute atomic E-state index is 12.7. The Morgan fingerprint density at radius 2 is 1.69 bits per heavy atom. The first-order valence-electron chi connectivity index (χ1n) is 7.82. The van der Waals surface area contributed by atoms with Crippen LogP contribution in [-0.4, -0.2) is 19.1 Å². The molecule has 0 saturated heterocycles.